The number of anilines is 1. The second kappa shape index (κ2) is 16.5. The molecule has 0 fully saturated rings. The Morgan fingerprint density at radius 3 is 2.10 bits per heavy atom. The largest absolute Gasteiger partial charge is 0.493 e. The highest BCUT2D eigenvalue weighted by atomic mass is 35.5. The Morgan fingerprint density at radius 2 is 1.50 bits per heavy atom. The number of hydrogen-bond acceptors (Lipinski definition) is 6. The van der Waals surface area contributed by atoms with Crippen molar-refractivity contribution in [2.75, 3.05) is 25.1 Å². The summed E-state index contributed by atoms with van der Waals surface area (Å²) in [5.41, 5.74) is 2.92. The first kappa shape index (κ1) is 36.3. The second-order valence-electron chi connectivity index (χ2n) is 11.5. The van der Waals surface area contributed by atoms with Gasteiger partial charge in [0.15, 0.2) is 11.5 Å². The smallest absolute Gasteiger partial charge is 0.264 e. The molecule has 0 spiro atoms. The van der Waals surface area contributed by atoms with Crippen LogP contribution in [0.5, 0.6) is 11.5 Å². The predicted octanol–water partition coefficient (Wildman–Crippen LogP) is 6.42. The normalized spacial score (nSPS) is 12.5. The third kappa shape index (κ3) is 9.08. The molecule has 0 radical (unpaired) electrons. The summed E-state index contributed by atoms with van der Waals surface area (Å²) in [5.74, 6) is -0.318. The molecule has 0 heterocycles. The number of sulfonamides is 1. The maximum atomic E-state index is 14.6. The Balaban J connectivity index is 1.82. The van der Waals surface area contributed by atoms with Crippen molar-refractivity contribution in [1.29, 1.82) is 0 Å². The summed E-state index contributed by atoms with van der Waals surface area (Å²) in [5, 5.41) is 3.45. The van der Waals surface area contributed by atoms with Gasteiger partial charge in [-0.25, -0.2) is 8.42 Å². The van der Waals surface area contributed by atoms with Crippen LogP contribution in [0.4, 0.5) is 5.69 Å². The number of ether oxygens (including phenoxy) is 2. The van der Waals surface area contributed by atoms with Crippen LogP contribution < -0.4 is 19.1 Å². The van der Waals surface area contributed by atoms with Crippen molar-refractivity contribution >= 4 is 39.1 Å². The maximum Gasteiger partial charge on any atom is 0.264 e. The van der Waals surface area contributed by atoms with E-state index in [4.69, 9.17) is 21.1 Å². The molecule has 48 heavy (non-hydrogen) atoms. The highest BCUT2D eigenvalue weighted by molar-refractivity contribution is 7.92. The van der Waals surface area contributed by atoms with E-state index in [1.165, 1.54) is 49.5 Å². The van der Waals surface area contributed by atoms with E-state index in [1.807, 2.05) is 75.4 Å². The van der Waals surface area contributed by atoms with Crippen molar-refractivity contribution in [2.24, 2.45) is 0 Å². The van der Waals surface area contributed by atoms with E-state index in [0.717, 1.165) is 21.0 Å². The topological polar surface area (TPSA) is 105 Å². The van der Waals surface area contributed by atoms with Crippen LogP contribution in [0.15, 0.2) is 102 Å². The summed E-state index contributed by atoms with van der Waals surface area (Å²) >= 11 is 6.17. The Labute approximate surface area is 288 Å². The molecule has 2 atom stereocenters. The highest BCUT2D eigenvalue weighted by Crippen LogP contribution is 2.33. The van der Waals surface area contributed by atoms with Gasteiger partial charge in [-0.05, 0) is 67.8 Å². The van der Waals surface area contributed by atoms with Crippen molar-refractivity contribution in [2.45, 2.75) is 57.1 Å². The molecule has 0 unspecified atom stereocenters. The molecule has 0 aliphatic heterocycles. The van der Waals surface area contributed by atoms with E-state index in [2.05, 4.69) is 5.32 Å². The molecule has 254 valence electrons. The minimum absolute atomic E-state index is 0.0788. The number of nitrogens with zero attached hydrogens (tertiary/aromatic N) is 2. The third-order valence-corrected chi connectivity index (χ3v) is 10.1. The van der Waals surface area contributed by atoms with Crippen molar-refractivity contribution in [3.05, 3.63) is 119 Å². The number of nitrogens with one attached hydrogen (secondary N) is 1. The van der Waals surface area contributed by atoms with E-state index in [1.54, 1.807) is 12.1 Å². The first-order valence-corrected chi connectivity index (χ1v) is 17.5. The zero-order valence-corrected chi connectivity index (χ0v) is 29.4. The Hall–Kier alpha value is -4.54. The van der Waals surface area contributed by atoms with E-state index >= 15 is 0 Å². The zero-order chi connectivity index (χ0) is 34.8. The molecule has 0 bridgehead atoms. The van der Waals surface area contributed by atoms with Gasteiger partial charge in [0, 0.05) is 30.1 Å². The molecular formula is C37H42ClN3O6S. The number of rotatable bonds is 15. The van der Waals surface area contributed by atoms with Gasteiger partial charge in [0.25, 0.3) is 10.0 Å². The average molecular weight is 692 g/mol. The van der Waals surface area contributed by atoms with E-state index < -0.39 is 28.5 Å². The molecule has 4 rings (SSSR count). The molecule has 4 aromatic rings. The number of aryl methyl sites for hydroxylation is 1. The van der Waals surface area contributed by atoms with Gasteiger partial charge in [-0.1, -0.05) is 78.7 Å². The van der Waals surface area contributed by atoms with Crippen LogP contribution in [0.25, 0.3) is 0 Å². The van der Waals surface area contributed by atoms with Gasteiger partial charge in [0.05, 0.1) is 24.8 Å². The Kier molecular flexibility index (Phi) is 12.5. The average Bonchev–Trinajstić information content (AvgIpc) is 3.09. The Morgan fingerprint density at radius 1 is 0.854 bits per heavy atom. The molecule has 0 aliphatic rings. The van der Waals surface area contributed by atoms with Gasteiger partial charge in [-0.15, -0.1) is 0 Å². The van der Waals surface area contributed by atoms with Gasteiger partial charge < -0.3 is 19.7 Å². The first-order valence-electron chi connectivity index (χ1n) is 15.7. The van der Waals surface area contributed by atoms with Crippen LogP contribution in [0, 0.1) is 6.92 Å². The van der Waals surface area contributed by atoms with E-state index in [-0.39, 0.29) is 41.2 Å². The standard InChI is InChI=1S/C37H42ClN3O6S/c1-6-27(3)39-37(43)33(22-28-10-8-7-9-11-28)40(24-29-14-12-26(2)13-15-29)36(42)25-41(31-18-16-30(38)17-19-31)48(44,45)32-20-21-34(46-4)35(23-32)47-5/h7-21,23,27,33H,6,22,24-25H2,1-5H3,(H,39,43)/t27-,33-/m1/s1. The number of hydrogen-bond donors (Lipinski definition) is 1. The lowest BCUT2D eigenvalue weighted by molar-refractivity contribution is -0.140. The van der Waals surface area contributed by atoms with Gasteiger partial charge in [-0.2, -0.15) is 0 Å². The van der Waals surface area contributed by atoms with Crippen LogP contribution in [0.1, 0.15) is 37.0 Å². The minimum atomic E-state index is -4.35. The number of carbonyl (C=O) groups excluding carboxylic acids is 2. The van der Waals surface area contributed by atoms with Crippen LogP contribution in [-0.2, 0) is 32.6 Å². The number of amides is 2. The fraction of sp³-hybridized carbons (Fsp3) is 0.297. The summed E-state index contributed by atoms with van der Waals surface area (Å²) in [6.45, 7) is 5.33. The maximum absolute atomic E-state index is 14.6. The van der Waals surface area contributed by atoms with Crippen molar-refractivity contribution in [1.82, 2.24) is 10.2 Å². The van der Waals surface area contributed by atoms with Crippen molar-refractivity contribution < 1.29 is 27.5 Å². The lowest BCUT2D eigenvalue weighted by atomic mass is 10.0. The first-order chi connectivity index (χ1) is 23.0. The number of carbonyl (C=O) groups is 2. The monoisotopic (exact) mass is 691 g/mol. The lowest BCUT2D eigenvalue weighted by Crippen LogP contribution is -2.54. The fourth-order valence-corrected chi connectivity index (χ4v) is 6.68. The van der Waals surface area contributed by atoms with Crippen LogP contribution in [0.3, 0.4) is 0 Å². The molecule has 9 nitrogen and oxygen atoms in total. The Bertz CT molecular complexity index is 1780. The SMILES string of the molecule is CC[C@@H](C)NC(=O)[C@@H](Cc1ccccc1)N(Cc1ccc(C)cc1)C(=O)CN(c1ccc(Cl)cc1)S(=O)(=O)c1ccc(OC)c(OC)c1. The summed E-state index contributed by atoms with van der Waals surface area (Å²) < 4.78 is 40.4. The van der Waals surface area contributed by atoms with Crippen molar-refractivity contribution in [3.63, 3.8) is 0 Å². The number of benzene rings is 4. The van der Waals surface area contributed by atoms with Gasteiger partial charge in [0.2, 0.25) is 11.8 Å². The van der Waals surface area contributed by atoms with Crippen molar-refractivity contribution in [3.8, 4) is 11.5 Å². The second-order valence-corrected chi connectivity index (χ2v) is 13.8. The molecule has 4 aromatic carbocycles. The highest BCUT2D eigenvalue weighted by Gasteiger charge is 2.35. The summed E-state index contributed by atoms with van der Waals surface area (Å²) in [6, 6.07) is 26.5. The van der Waals surface area contributed by atoms with Gasteiger partial charge in [-0.3, -0.25) is 13.9 Å². The van der Waals surface area contributed by atoms with Crippen LogP contribution in [0.2, 0.25) is 5.02 Å². The molecule has 0 aliphatic carbocycles. The van der Waals surface area contributed by atoms with Gasteiger partial charge >= 0.3 is 0 Å². The third-order valence-electron chi connectivity index (χ3n) is 8.08. The molecule has 0 saturated heterocycles. The van der Waals surface area contributed by atoms with E-state index in [9.17, 15) is 18.0 Å². The predicted molar refractivity (Wildman–Crippen MR) is 189 cm³/mol. The van der Waals surface area contributed by atoms with Crippen LogP contribution >= 0.6 is 11.6 Å². The molecule has 0 aromatic heterocycles. The number of methoxy groups -OCH3 is 2. The molecule has 1 N–H and O–H groups in total. The summed E-state index contributed by atoms with van der Waals surface area (Å²) in [4.78, 5) is 30.0. The zero-order valence-electron chi connectivity index (χ0n) is 27.9. The molecule has 2 amide bonds. The summed E-state index contributed by atoms with van der Waals surface area (Å²) in [7, 11) is -1.49. The lowest BCUT2D eigenvalue weighted by Gasteiger charge is -2.34. The summed E-state index contributed by atoms with van der Waals surface area (Å²) in [6.07, 6.45) is 0.924. The molecular weight excluding hydrogens is 650 g/mol. The van der Waals surface area contributed by atoms with Crippen LogP contribution in [-0.4, -0.2) is 58.0 Å². The quantitative estimate of drug-likeness (QED) is 0.154. The molecule has 11 heteroatoms. The van der Waals surface area contributed by atoms with E-state index in [0.29, 0.717) is 17.2 Å². The minimum Gasteiger partial charge on any atom is -0.493 e. The van der Waals surface area contributed by atoms with Gasteiger partial charge in [0.1, 0.15) is 12.6 Å². The molecule has 0 saturated carbocycles. The number of halogens is 1. The fourth-order valence-electron chi connectivity index (χ4n) is 5.13.